The van der Waals surface area contributed by atoms with E-state index in [4.69, 9.17) is 23.7 Å². The molecule has 11 heteroatoms. The van der Waals surface area contributed by atoms with Crippen LogP contribution in [0.15, 0.2) is 41.2 Å². The van der Waals surface area contributed by atoms with E-state index < -0.39 is 12.1 Å². The number of nitrogens with one attached hydrogen (secondary N) is 3. The van der Waals surface area contributed by atoms with Gasteiger partial charge in [-0.1, -0.05) is 19.9 Å². The molecule has 0 saturated heterocycles. The monoisotopic (exact) mass is 659 g/mol. The summed E-state index contributed by atoms with van der Waals surface area (Å²) >= 11 is 0. The van der Waals surface area contributed by atoms with Gasteiger partial charge < -0.3 is 39.6 Å². The van der Waals surface area contributed by atoms with E-state index in [-0.39, 0.29) is 34.9 Å². The van der Waals surface area contributed by atoms with Gasteiger partial charge in [-0.15, -0.1) is 0 Å². The molecule has 0 radical (unpaired) electrons. The Hall–Kier alpha value is -4.93. The SMILES string of the molecule is COc1cc2c(cc1OC)C(NC(=O)C(Nc1ccc3c(cc1=O)C(NC(C)=O)CCc1cc(OC)c(OC)c(OC)c1-3)C(C)C)CC2. The number of carbonyl (C=O) groups is 2. The Kier molecular flexibility index (Phi) is 10.4. The predicted octanol–water partition coefficient (Wildman–Crippen LogP) is 5.12. The molecule has 5 rings (SSSR count). The molecule has 0 spiro atoms. The molecule has 0 aliphatic heterocycles. The smallest absolute Gasteiger partial charge is 0.243 e. The molecule has 256 valence electrons. The van der Waals surface area contributed by atoms with Crippen LogP contribution in [-0.2, 0) is 22.4 Å². The number of ether oxygens (including phenoxy) is 5. The van der Waals surface area contributed by atoms with Crippen LogP contribution in [0.5, 0.6) is 28.7 Å². The van der Waals surface area contributed by atoms with Gasteiger partial charge in [0.15, 0.2) is 23.0 Å². The van der Waals surface area contributed by atoms with Gasteiger partial charge in [0.1, 0.15) is 6.04 Å². The third-order valence-corrected chi connectivity index (χ3v) is 9.22. The minimum Gasteiger partial charge on any atom is -0.493 e. The summed E-state index contributed by atoms with van der Waals surface area (Å²) in [6, 6.07) is 9.52. The zero-order valence-corrected chi connectivity index (χ0v) is 28.9. The number of fused-ring (bicyclic) bond motifs is 4. The third-order valence-electron chi connectivity index (χ3n) is 9.22. The number of benzene rings is 2. The van der Waals surface area contributed by atoms with Crippen LogP contribution in [-0.4, -0.2) is 53.4 Å². The Balaban J connectivity index is 1.54. The highest BCUT2D eigenvalue weighted by molar-refractivity contribution is 5.86. The maximum Gasteiger partial charge on any atom is 0.243 e. The van der Waals surface area contributed by atoms with Crippen molar-refractivity contribution in [3.63, 3.8) is 0 Å². The standard InChI is InChI=1S/C37H45N3O8/c1-19(2)34(37(43)40-26-12-9-21-15-30(44-4)31(45-5)18-24(21)26)39-28-14-11-23-25(17-29(28)42)27(38-20(3)41)13-10-22-16-32(46-6)35(47-7)36(48-8)33(22)23/h11,14-19,26-27,34H,9-10,12-13H2,1-8H3,(H,38,41)(H,39,42)(H,40,43). The number of amides is 2. The molecule has 3 unspecified atom stereocenters. The van der Waals surface area contributed by atoms with Crippen LogP contribution in [0.25, 0.3) is 11.1 Å². The number of hydrogen-bond donors (Lipinski definition) is 3. The average molecular weight is 660 g/mol. The first kappa shape index (κ1) is 34.4. The molecule has 0 fully saturated rings. The highest BCUT2D eigenvalue weighted by Gasteiger charge is 2.32. The summed E-state index contributed by atoms with van der Waals surface area (Å²) in [4.78, 5) is 40.1. The summed E-state index contributed by atoms with van der Waals surface area (Å²) in [5, 5.41) is 9.49. The maximum absolute atomic E-state index is 13.9. The van der Waals surface area contributed by atoms with Crippen LogP contribution in [0.3, 0.4) is 0 Å². The number of aryl methyl sites for hydroxylation is 2. The summed E-state index contributed by atoms with van der Waals surface area (Å²) in [7, 11) is 7.86. The van der Waals surface area contributed by atoms with Crippen molar-refractivity contribution in [1.29, 1.82) is 0 Å². The summed E-state index contributed by atoms with van der Waals surface area (Å²) in [5.74, 6) is 2.10. The van der Waals surface area contributed by atoms with E-state index >= 15 is 0 Å². The van der Waals surface area contributed by atoms with Gasteiger partial charge in [0.25, 0.3) is 0 Å². The molecule has 2 aliphatic rings. The highest BCUT2D eigenvalue weighted by atomic mass is 16.5. The van der Waals surface area contributed by atoms with Crippen molar-refractivity contribution in [3.05, 3.63) is 68.9 Å². The van der Waals surface area contributed by atoms with Crippen LogP contribution < -0.4 is 45.1 Å². The lowest BCUT2D eigenvalue weighted by molar-refractivity contribution is -0.123. The zero-order valence-electron chi connectivity index (χ0n) is 28.9. The van der Waals surface area contributed by atoms with E-state index in [1.165, 1.54) is 6.92 Å². The van der Waals surface area contributed by atoms with E-state index in [9.17, 15) is 14.4 Å². The zero-order chi connectivity index (χ0) is 34.7. The first-order valence-electron chi connectivity index (χ1n) is 16.1. The first-order chi connectivity index (χ1) is 23.0. The van der Waals surface area contributed by atoms with Gasteiger partial charge in [0.05, 0.1) is 53.3 Å². The molecule has 48 heavy (non-hydrogen) atoms. The number of methoxy groups -OCH3 is 5. The normalized spacial score (nSPS) is 16.8. The highest BCUT2D eigenvalue weighted by Crippen LogP contribution is 2.50. The third kappa shape index (κ3) is 6.58. The molecule has 2 amide bonds. The van der Waals surface area contributed by atoms with E-state index in [2.05, 4.69) is 16.0 Å². The number of anilines is 1. The molecule has 0 heterocycles. The fourth-order valence-electron chi connectivity index (χ4n) is 6.87. The van der Waals surface area contributed by atoms with Gasteiger partial charge in [-0.25, -0.2) is 0 Å². The molecular weight excluding hydrogens is 614 g/mol. The maximum atomic E-state index is 13.9. The van der Waals surface area contributed by atoms with Crippen molar-refractivity contribution in [2.24, 2.45) is 5.92 Å². The number of carbonyl (C=O) groups excluding carboxylic acids is 2. The van der Waals surface area contributed by atoms with Crippen molar-refractivity contribution >= 4 is 17.5 Å². The van der Waals surface area contributed by atoms with Crippen molar-refractivity contribution in [3.8, 4) is 39.9 Å². The lowest BCUT2D eigenvalue weighted by atomic mass is 9.95. The Morgan fingerprint density at radius 3 is 1.94 bits per heavy atom. The molecule has 3 aromatic rings. The summed E-state index contributed by atoms with van der Waals surface area (Å²) < 4.78 is 28.2. The first-order valence-corrected chi connectivity index (χ1v) is 16.1. The molecule has 0 saturated carbocycles. The van der Waals surface area contributed by atoms with E-state index in [0.29, 0.717) is 52.7 Å². The Morgan fingerprint density at radius 2 is 1.33 bits per heavy atom. The van der Waals surface area contributed by atoms with Crippen LogP contribution in [0.1, 0.15) is 68.0 Å². The van der Waals surface area contributed by atoms with Crippen molar-refractivity contribution in [1.82, 2.24) is 10.6 Å². The van der Waals surface area contributed by atoms with Crippen molar-refractivity contribution < 1.29 is 33.3 Å². The molecule has 11 nitrogen and oxygen atoms in total. The lowest BCUT2D eigenvalue weighted by Crippen LogP contribution is -2.44. The van der Waals surface area contributed by atoms with Crippen molar-refractivity contribution in [2.75, 3.05) is 40.9 Å². The predicted molar refractivity (Wildman–Crippen MR) is 184 cm³/mol. The van der Waals surface area contributed by atoms with Gasteiger partial charge in [-0.3, -0.25) is 14.4 Å². The van der Waals surface area contributed by atoms with Crippen LogP contribution in [0, 0.1) is 5.92 Å². The van der Waals surface area contributed by atoms with Crippen LogP contribution in [0.2, 0.25) is 0 Å². The lowest BCUT2D eigenvalue weighted by Gasteiger charge is -2.25. The Bertz CT molecular complexity index is 1770. The van der Waals surface area contributed by atoms with Gasteiger partial charge in [0.2, 0.25) is 23.0 Å². The second-order valence-electron chi connectivity index (χ2n) is 12.5. The number of rotatable bonds is 11. The molecule has 0 bridgehead atoms. The Morgan fingerprint density at radius 1 is 0.729 bits per heavy atom. The minimum atomic E-state index is -0.707. The second kappa shape index (κ2) is 14.5. The molecule has 2 aliphatic carbocycles. The fourth-order valence-corrected chi connectivity index (χ4v) is 6.87. The van der Waals surface area contributed by atoms with Gasteiger partial charge in [-0.05, 0) is 89.8 Å². The van der Waals surface area contributed by atoms with Gasteiger partial charge in [0, 0.05) is 12.5 Å². The topological polar surface area (TPSA) is 133 Å². The summed E-state index contributed by atoms with van der Waals surface area (Å²) in [6.07, 6.45) is 2.67. The van der Waals surface area contributed by atoms with Crippen LogP contribution in [0.4, 0.5) is 5.69 Å². The summed E-state index contributed by atoms with van der Waals surface area (Å²) in [5.41, 5.74) is 5.08. The average Bonchev–Trinajstić information content (AvgIpc) is 3.30. The number of hydrogen-bond acceptors (Lipinski definition) is 9. The minimum absolute atomic E-state index is 0.149. The van der Waals surface area contributed by atoms with E-state index in [0.717, 1.165) is 35.1 Å². The molecule has 3 atom stereocenters. The summed E-state index contributed by atoms with van der Waals surface area (Å²) in [6.45, 7) is 5.33. The van der Waals surface area contributed by atoms with Crippen molar-refractivity contribution in [2.45, 2.75) is 64.6 Å². The molecule has 0 aromatic heterocycles. The fraction of sp³-hybridized carbons (Fsp3) is 0.432. The van der Waals surface area contributed by atoms with Gasteiger partial charge in [-0.2, -0.15) is 0 Å². The quantitative estimate of drug-likeness (QED) is 0.257. The Labute approximate surface area is 281 Å². The molecular formula is C37H45N3O8. The molecule has 3 aromatic carbocycles. The van der Waals surface area contributed by atoms with E-state index in [1.54, 1.807) is 47.7 Å². The molecule has 3 N–H and O–H groups in total. The largest absolute Gasteiger partial charge is 0.493 e. The second-order valence-corrected chi connectivity index (χ2v) is 12.5. The van der Waals surface area contributed by atoms with Gasteiger partial charge >= 0.3 is 0 Å². The van der Waals surface area contributed by atoms with Crippen LogP contribution >= 0.6 is 0 Å². The van der Waals surface area contributed by atoms with E-state index in [1.807, 2.05) is 38.1 Å².